The Morgan fingerprint density at radius 1 is 1.54 bits per heavy atom. The monoisotopic (exact) mass is 420 g/mol. The molecule has 70 valence electrons. The topological polar surface area (TPSA) is 17.1 Å². The van der Waals surface area contributed by atoms with E-state index in [1.165, 1.54) is 0 Å². The van der Waals surface area contributed by atoms with Crippen LogP contribution in [0.1, 0.15) is 10.4 Å². The van der Waals surface area contributed by atoms with Gasteiger partial charge in [-0.1, -0.05) is 15.9 Å². The van der Waals surface area contributed by atoms with Crippen LogP contribution < -0.4 is 0 Å². The Bertz CT molecular complexity index is 354. The fraction of sp³-hybridized carbons (Fsp3) is 0.125. The van der Waals surface area contributed by atoms with Gasteiger partial charge in [0.2, 0.25) is 0 Å². The molecule has 1 nitrogen and oxygen atoms in total. The van der Waals surface area contributed by atoms with E-state index in [0.717, 1.165) is 0 Å². The van der Waals surface area contributed by atoms with Gasteiger partial charge in [0, 0.05) is 9.13 Å². The summed E-state index contributed by atoms with van der Waals surface area (Å²) >= 11 is 7.96. The van der Waals surface area contributed by atoms with Gasteiger partial charge in [0.1, 0.15) is 0 Å². The van der Waals surface area contributed by atoms with Gasteiger partial charge in [0.15, 0.2) is 11.6 Å². The van der Waals surface area contributed by atoms with Crippen molar-refractivity contribution in [2.24, 2.45) is 0 Å². The summed E-state index contributed by atoms with van der Waals surface area (Å²) in [5.41, 5.74) is 0.370. The van der Waals surface area contributed by atoms with Crippen LogP contribution in [0.15, 0.2) is 16.6 Å². The van der Waals surface area contributed by atoms with Crippen LogP contribution in [-0.2, 0) is 0 Å². The first-order valence-corrected chi connectivity index (χ1v) is 6.30. The molecule has 0 spiro atoms. The molecule has 0 N–H and O–H groups in total. The van der Waals surface area contributed by atoms with E-state index in [4.69, 9.17) is 0 Å². The Morgan fingerprint density at radius 3 is 2.69 bits per heavy atom. The lowest BCUT2D eigenvalue weighted by Crippen LogP contribution is -2.03. The smallest absolute Gasteiger partial charge is 0.174 e. The number of Topliss-reactive ketones (excluding diaryl/α,β-unsaturated/α-hetero) is 1. The average Bonchev–Trinajstić information content (AvgIpc) is 2.13. The molecule has 0 saturated carbocycles. The van der Waals surface area contributed by atoms with Crippen LogP contribution in [0, 0.1) is 9.39 Å². The zero-order valence-electron chi connectivity index (χ0n) is 6.28. The Kier molecular flexibility index (Phi) is 4.31. The molecule has 1 rings (SSSR count). The van der Waals surface area contributed by atoms with Crippen molar-refractivity contribution < 1.29 is 9.18 Å². The Hall–Kier alpha value is 0.510. The highest BCUT2D eigenvalue weighted by molar-refractivity contribution is 14.1. The largest absolute Gasteiger partial charge is 0.293 e. The molecular weight excluding hydrogens is 418 g/mol. The lowest BCUT2D eigenvalue weighted by Gasteiger charge is -2.03. The molecule has 0 atom stereocenters. The first-order chi connectivity index (χ1) is 6.07. The quantitative estimate of drug-likeness (QED) is 0.307. The maximum Gasteiger partial charge on any atom is 0.174 e. The number of halogens is 4. The highest BCUT2D eigenvalue weighted by Crippen LogP contribution is 2.25. The molecule has 5 heteroatoms. The molecule has 0 saturated heterocycles. The minimum atomic E-state index is -0.382. The SMILES string of the molecule is O=C(CBr)c1ccc(I)c(F)c1Br. The third-order valence-electron chi connectivity index (χ3n) is 1.46. The minimum absolute atomic E-state index is 0.137. The van der Waals surface area contributed by atoms with E-state index < -0.39 is 0 Å². The predicted molar refractivity (Wildman–Crippen MR) is 64.9 cm³/mol. The number of hydrogen-bond donors (Lipinski definition) is 0. The maximum atomic E-state index is 13.3. The van der Waals surface area contributed by atoms with E-state index in [1.54, 1.807) is 12.1 Å². The van der Waals surface area contributed by atoms with Gasteiger partial charge in [-0.2, -0.15) is 0 Å². The molecule has 0 heterocycles. The van der Waals surface area contributed by atoms with E-state index in [9.17, 15) is 9.18 Å². The van der Waals surface area contributed by atoms with Crippen LogP contribution in [0.3, 0.4) is 0 Å². The Labute approximate surface area is 105 Å². The average molecular weight is 422 g/mol. The predicted octanol–water partition coefficient (Wildman–Crippen LogP) is 3.77. The van der Waals surface area contributed by atoms with Crippen molar-refractivity contribution in [1.82, 2.24) is 0 Å². The highest BCUT2D eigenvalue weighted by atomic mass is 127. The van der Waals surface area contributed by atoms with E-state index in [-0.39, 0.29) is 21.4 Å². The summed E-state index contributed by atoms with van der Waals surface area (Å²) in [5, 5.41) is 0.200. The van der Waals surface area contributed by atoms with Gasteiger partial charge in [0.25, 0.3) is 0 Å². The molecule has 0 aliphatic heterocycles. The van der Waals surface area contributed by atoms with Gasteiger partial charge in [-0.15, -0.1) is 0 Å². The van der Waals surface area contributed by atoms with E-state index in [0.29, 0.717) is 9.13 Å². The first kappa shape index (κ1) is 11.6. The molecule has 1 aromatic carbocycles. The third-order valence-corrected chi connectivity index (χ3v) is 3.57. The molecule has 0 unspecified atom stereocenters. The summed E-state index contributed by atoms with van der Waals surface area (Å²) < 4.78 is 14.0. The van der Waals surface area contributed by atoms with Gasteiger partial charge in [-0.25, -0.2) is 4.39 Å². The highest BCUT2D eigenvalue weighted by Gasteiger charge is 2.14. The number of carbonyl (C=O) groups is 1. The molecule has 1 aromatic rings. The van der Waals surface area contributed by atoms with Crippen LogP contribution >= 0.6 is 54.5 Å². The van der Waals surface area contributed by atoms with Crippen molar-refractivity contribution in [2.75, 3.05) is 5.33 Å². The van der Waals surface area contributed by atoms with Crippen molar-refractivity contribution in [1.29, 1.82) is 0 Å². The first-order valence-electron chi connectivity index (χ1n) is 3.30. The molecule has 13 heavy (non-hydrogen) atoms. The molecule has 0 bridgehead atoms. The summed E-state index contributed by atoms with van der Waals surface area (Å²) in [6, 6.07) is 3.19. The molecule has 0 aliphatic carbocycles. The van der Waals surface area contributed by atoms with Gasteiger partial charge < -0.3 is 0 Å². The van der Waals surface area contributed by atoms with Crippen molar-refractivity contribution >= 4 is 60.2 Å². The van der Waals surface area contributed by atoms with E-state index in [2.05, 4.69) is 31.9 Å². The van der Waals surface area contributed by atoms with Crippen molar-refractivity contribution in [3.05, 3.63) is 31.6 Å². The summed E-state index contributed by atoms with van der Waals surface area (Å²) in [5.74, 6) is -0.519. The van der Waals surface area contributed by atoms with Crippen molar-refractivity contribution in [3.63, 3.8) is 0 Å². The fourth-order valence-electron chi connectivity index (χ4n) is 0.813. The van der Waals surface area contributed by atoms with Crippen LogP contribution in [0.2, 0.25) is 0 Å². The van der Waals surface area contributed by atoms with Gasteiger partial charge in [-0.3, -0.25) is 4.79 Å². The van der Waals surface area contributed by atoms with Crippen LogP contribution in [0.4, 0.5) is 4.39 Å². The number of alkyl halides is 1. The summed E-state index contributed by atoms with van der Waals surface area (Å²) in [7, 11) is 0. The van der Waals surface area contributed by atoms with Gasteiger partial charge in [0.05, 0.1) is 9.80 Å². The zero-order chi connectivity index (χ0) is 10.0. The molecule has 0 aromatic heterocycles. The molecular formula is C8H4Br2FIO. The number of carbonyl (C=O) groups excluding carboxylic acids is 1. The second-order valence-electron chi connectivity index (χ2n) is 2.28. The van der Waals surface area contributed by atoms with Gasteiger partial charge >= 0.3 is 0 Å². The van der Waals surface area contributed by atoms with Crippen molar-refractivity contribution in [2.45, 2.75) is 0 Å². The Balaban J connectivity index is 3.26. The van der Waals surface area contributed by atoms with Crippen LogP contribution in [-0.4, -0.2) is 11.1 Å². The number of rotatable bonds is 2. The third kappa shape index (κ3) is 2.50. The normalized spacial score (nSPS) is 10.2. The van der Waals surface area contributed by atoms with Gasteiger partial charge in [-0.05, 0) is 50.7 Å². The summed E-state index contributed by atoms with van der Waals surface area (Å²) in [6.07, 6.45) is 0. The van der Waals surface area contributed by atoms with E-state index in [1.807, 2.05) is 22.6 Å². The summed E-state index contributed by atoms with van der Waals surface area (Å²) in [4.78, 5) is 11.3. The second kappa shape index (κ2) is 4.84. The molecule has 0 fully saturated rings. The number of benzene rings is 1. The number of hydrogen-bond acceptors (Lipinski definition) is 1. The fourth-order valence-corrected chi connectivity index (χ4v) is 2.50. The lowest BCUT2D eigenvalue weighted by molar-refractivity contribution is 0.102. The molecule has 0 radical (unpaired) electrons. The summed E-state index contributed by atoms with van der Waals surface area (Å²) in [6.45, 7) is 0. The van der Waals surface area contributed by atoms with Crippen molar-refractivity contribution in [3.8, 4) is 0 Å². The molecule has 0 aliphatic rings. The van der Waals surface area contributed by atoms with Crippen LogP contribution in [0.5, 0.6) is 0 Å². The Morgan fingerprint density at radius 2 is 2.15 bits per heavy atom. The van der Waals surface area contributed by atoms with Crippen LogP contribution in [0.25, 0.3) is 0 Å². The second-order valence-corrected chi connectivity index (χ2v) is 4.80. The van der Waals surface area contributed by atoms with E-state index >= 15 is 0 Å². The minimum Gasteiger partial charge on any atom is -0.293 e. The number of ketones is 1. The maximum absolute atomic E-state index is 13.3. The lowest BCUT2D eigenvalue weighted by atomic mass is 10.1. The standard InChI is InChI=1S/C8H4Br2FIO/c9-3-6(13)4-1-2-5(12)8(11)7(4)10/h1-2H,3H2. The molecule has 0 amide bonds. The zero-order valence-corrected chi connectivity index (χ0v) is 11.6.